The van der Waals surface area contributed by atoms with Gasteiger partial charge in [-0.2, -0.15) is 0 Å². The van der Waals surface area contributed by atoms with Gasteiger partial charge in [-0.1, -0.05) is 12.1 Å². The van der Waals surface area contributed by atoms with E-state index in [0.717, 1.165) is 0 Å². The standard InChI is InChI=1S/C12H16N2O5/c1-8-5-4-6-10(14(16)17)11(8)19-7-9(13-2)12(15)18-3/h4-6,9,13H,7H2,1-3H3. The molecule has 0 saturated heterocycles. The molecule has 0 heterocycles. The summed E-state index contributed by atoms with van der Waals surface area (Å²) in [5.74, 6) is -0.324. The average molecular weight is 268 g/mol. The van der Waals surface area contributed by atoms with Crippen molar-refractivity contribution < 1.29 is 19.2 Å². The van der Waals surface area contributed by atoms with Gasteiger partial charge in [-0.25, -0.2) is 0 Å². The minimum Gasteiger partial charge on any atom is -0.484 e. The number of carbonyl (C=O) groups excluding carboxylic acids is 1. The van der Waals surface area contributed by atoms with E-state index < -0.39 is 16.9 Å². The Morgan fingerprint density at radius 3 is 2.74 bits per heavy atom. The normalized spacial score (nSPS) is 11.7. The number of methoxy groups -OCH3 is 1. The van der Waals surface area contributed by atoms with Crippen molar-refractivity contribution in [2.24, 2.45) is 0 Å². The van der Waals surface area contributed by atoms with Gasteiger partial charge in [0, 0.05) is 6.07 Å². The SMILES string of the molecule is CNC(COc1c(C)cccc1[N+](=O)[O-])C(=O)OC. The second-order valence-corrected chi connectivity index (χ2v) is 3.86. The highest BCUT2D eigenvalue weighted by Gasteiger charge is 2.22. The van der Waals surface area contributed by atoms with Gasteiger partial charge in [0.1, 0.15) is 12.6 Å². The summed E-state index contributed by atoms with van der Waals surface area (Å²) in [7, 11) is 2.85. The molecule has 104 valence electrons. The number of rotatable bonds is 6. The molecule has 0 saturated carbocycles. The molecular formula is C12H16N2O5. The van der Waals surface area contributed by atoms with E-state index in [1.807, 2.05) is 0 Å². The fraction of sp³-hybridized carbons (Fsp3) is 0.417. The van der Waals surface area contributed by atoms with E-state index in [9.17, 15) is 14.9 Å². The second kappa shape index (κ2) is 6.69. The molecule has 0 aromatic heterocycles. The number of nitro benzene ring substituents is 1. The van der Waals surface area contributed by atoms with Gasteiger partial charge in [0.25, 0.3) is 0 Å². The first-order valence-corrected chi connectivity index (χ1v) is 5.63. The van der Waals surface area contributed by atoms with Crippen LogP contribution in [0.5, 0.6) is 5.75 Å². The van der Waals surface area contributed by atoms with E-state index in [2.05, 4.69) is 10.1 Å². The molecule has 19 heavy (non-hydrogen) atoms. The van der Waals surface area contributed by atoms with Gasteiger partial charge in [-0.3, -0.25) is 14.9 Å². The van der Waals surface area contributed by atoms with E-state index in [-0.39, 0.29) is 18.0 Å². The first-order valence-electron chi connectivity index (χ1n) is 5.63. The maximum Gasteiger partial charge on any atom is 0.326 e. The lowest BCUT2D eigenvalue weighted by atomic mass is 10.2. The largest absolute Gasteiger partial charge is 0.484 e. The van der Waals surface area contributed by atoms with Gasteiger partial charge in [0.05, 0.1) is 12.0 Å². The molecule has 1 aromatic carbocycles. The lowest BCUT2D eigenvalue weighted by Crippen LogP contribution is -2.40. The third kappa shape index (κ3) is 3.65. The number of nitrogens with zero attached hydrogens (tertiary/aromatic N) is 1. The molecule has 0 aliphatic heterocycles. The molecule has 0 spiro atoms. The second-order valence-electron chi connectivity index (χ2n) is 3.86. The predicted molar refractivity (Wildman–Crippen MR) is 68.2 cm³/mol. The number of benzene rings is 1. The number of hydrogen-bond acceptors (Lipinski definition) is 6. The van der Waals surface area contributed by atoms with Crippen molar-refractivity contribution >= 4 is 11.7 Å². The van der Waals surface area contributed by atoms with Crippen molar-refractivity contribution in [1.29, 1.82) is 0 Å². The van der Waals surface area contributed by atoms with Gasteiger partial charge in [0.15, 0.2) is 5.75 Å². The van der Waals surface area contributed by atoms with Crippen molar-refractivity contribution in [1.82, 2.24) is 5.32 Å². The van der Waals surface area contributed by atoms with Crippen molar-refractivity contribution in [3.63, 3.8) is 0 Å². The Morgan fingerprint density at radius 2 is 2.21 bits per heavy atom. The number of nitrogens with one attached hydrogen (secondary N) is 1. The zero-order valence-corrected chi connectivity index (χ0v) is 11.0. The molecule has 0 aliphatic carbocycles. The smallest absolute Gasteiger partial charge is 0.326 e. The molecular weight excluding hydrogens is 252 g/mol. The zero-order chi connectivity index (χ0) is 14.4. The summed E-state index contributed by atoms with van der Waals surface area (Å²) >= 11 is 0. The van der Waals surface area contributed by atoms with Gasteiger partial charge in [-0.05, 0) is 19.5 Å². The van der Waals surface area contributed by atoms with E-state index in [4.69, 9.17) is 4.74 Å². The molecule has 1 rings (SSSR count). The maximum absolute atomic E-state index is 11.4. The summed E-state index contributed by atoms with van der Waals surface area (Å²) in [6, 6.07) is 3.96. The third-order valence-corrected chi connectivity index (χ3v) is 2.62. The van der Waals surface area contributed by atoms with Crippen LogP contribution in [0.15, 0.2) is 18.2 Å². The molecule has 0 fully saturated rings. The predicted octanol–water partition coefficient (Wildman–Crippen LogP) is 1.04. The molecule has 1 N–H and O–H groups in total. The van der Waals surface area contributed by atoms with Crippen LogP contribution in [0.25, 0.3) is 0 Å². The monoisotopic (exact) mass is 268 g/mol. The van der Waals surface area contributed by atoms with E-state index in [1.165, 1.54) is 13.2 Å². The molecule has 0 aliphatic rings. The molecule has 0 radical (unpaired) electrons. The number of aryl methyl sites for hydroxylation is 1. The quantitative estimate of drug-likeness (QED) is 0.471. The number of likely N-dealkylation sites (N-methyl/N-ethyl adjacent to an activating group) is 1. The van der Waals surface area contributed by atoms with Gasteiger partial charge in [-0.15, -0.1) is 0 Å². The van der Waals surface area contributed by atoms with Crippen LogP contribution in [0.3, 0.4) is 0 Å². The first kappa shape index (κ1) is 14.9. The number of para-hydroxylation sites is 1. The Balaban J connectivity index is 2.88. The van der Waals surface area contributed by atoms with Crippen LogP contribution in [0.2, 0.25) is 0 Å². The molecule has 1 unspecified atom stereocenters. The minimum absolute atomic E-state index is 0.0468. The van der Waals surface area contributed by atoms with Crippen molar-refractivity contribution in [2.45, 2.75) is 13.0 Å². The summed E-state index contributed by atoms with van der Waals surface area (Å²) in [4.78, 5) is 21.7. The number of nitro groups is 1. The van der Waals surface area contributed by atoms with Crippen LogP contribution < -0.4 is 10.1 Å². The number of ether oxygens (including phenoxy) is 2. The van der Waals surface area contributed by atoms with Crippen molar-refractivity contribution in [2.75, 3.05) is 20.8 Å². The van der Waals surface area contributed by atoms with Gasteiger partial charge >= 0.3 is 11.7 Å². The molecule has 0 bridgehead atoms. The Bertz CT molecular complexity index is 475. The van der Waals surface area contributed by atoms with Crippen molar-refractivity contribution in [3.05, 3.63) is 33.9 Å². The highest BCUT2D eigenvalue weighted by molar-refractivity contribution is 5.75. The highest BCUT2D eigenvalue weighted by atomic mass is 16.6. The Morgan fingerprint density at radius 1 is 1.53 bits per heavy atom. The number of hydrogen-bond donors (Lipinski definition) is 1. The fourth-order valence-electron chi connectivity index (χ4n) is 1.55. The van der Waals surface area contributed by atoms with Crippen LogP contribution in [0.1, 0.15) is 5.56 Å². The maximum atomic E-state index is 11.4. The minimum atomic E-state index is -0.677. The number of carbonyl (C=O) groups is 1. The molecule has 7 nitrogen and oxygen atoms in total. The van der Waals surface area contributed by atoms with Crippen LogP contribution >= 0.6 is 0 Å². The number of esters is 1. The average Bonchev–Trinajstić information content (AvgIpc) is 2.40. The molecule has 1 atom stereocenters. The highest BCUT2D eigenvalue weighted by Crippen LogP contribution is 2.30. The van der Waals surface area contributed by atoms with Gasteiger partial charge < -0.3 is 14.8 Å². The summed E-state index contributed by atoms with van der Waals surface area (Å²) < 4.78 is 9.98. The molecule has 1 aromatic rings. The Kier molecular flexibility index (Phi) is 5.25. The Labute approximate surface area is 110 Å². The van der Waals surface area contributed by atoms with Crippen LogP contribution in [0.4, 0.5) is 5.69 Å². The summed E-state index contributed by atoms with van der Waals surface area (Å²) in [6.07, 6.45) is 0. The summed E-state index contributed by atoms with van der Waals surface area (Å²) in [6.45, 7) is 1.66. The summed E-state index contributed by atoms with van der Waals surface area (Å²) in [5.41, 5.74) is 0.508. The summed E-state index contributed by atoms with van der Waals surface area (Å²) in [5, 5.41) is 13.6. The van der Waals surface area contributed by atoms with Crippen LogP contribution in [-0.2, 0) is 9.53 Å². The third-order valence-electron chi connectivity index (χ3n) is 2.62. The Hall–Kier alpha value is -2.15. The molecule has 7 heteroatoms. The first-order chi connectivity index (χ1) is 9.01. The van der Waals surface area contributed by atoms with E-state index in [1.54, 1.807) is 26.1 Å². The lowest BCUT2D eigenvalue weighted by Gasteiger charge is -2.15. The van der Waals surface area contributed by atoms with E-state index in [0.29, 0.717) is 5.56 Å². The lowest BCUT2D eigenvalue weighted by molar-refractivity contribution is -0.385. The molecule has 0 amide bonds. The van der Waals surface area contributed by atoms with Gasteiger partial charge in [0.2, 0.25) is 0 Å². The zero-order valence-electron chi connectivity index (χ0n) is 11.0. The van der Waals surface area contributed by atoms with E-state index >= 15 is 0 Å². The van der Waals surface area contributed by atoms with Crippen molar-refractivity contribution in [3.8, 4) is 5.75 Å². The van der Waals surface area contributed by atoms with Crippen LogP contribution in [-0.4, -0.2) is 37.7 Å². The fourth-order valence-corrected chi connectivity index (χ4v) is 1.55. The van der Waals surface area contributed by atoms with Crippen LogP contribution in [0, 0.1) is 17.0 Å². The topological polar surface area (TPSA) is 90.7 Å².